The van der Waals surface area contributed by atoms with Gasteiger partial charge in [-0.2, -0.15) is 4.98 Å². The van der Waals surface area contributed by atoms with Crippen LogP contribution in [0.1, 0.15) is 30.4 Å². The molecule has 0 saturated carbocycles. The van der Waals surface area contributed by atoms with Gasteiger partial charge in [0.1, 0.15) is 11.3 Å². The van der Waals surface area contributed by atoms with Crippen LogP contribution in [0.5, 0.6) is 0 Å². The molecule has 4 aromatic rings. The number of carboxylic acid groups (broad SMARTS) is 1. The van der Waals surface area contributed by atoms with Crippen LogP contribution in [0.25, 0.3) is 11.1 Å². The number of hydrogen-bond donors (Lipinski definition) is 3. The maximum absolute atomic E-state index is 12.4. The molecule has 0 aliphatic rings. The van der Waals surface area contributed by atoms with Gasteiger partial charge in [-0.05, 0) is 47.4 Å². The fourth-order valence-electron chi connectivity index (χ4n) is 3.30. The van der Waals surface area contributed by atoms with Gasteiger partial charge in [-0.1, -0.05) is 37.3 Å². The molecule has 0 aliphatic heterocycles. The summed E-state index contributed by atoms with van der Waals surface area (Å²) < 4.78 is 5.77. The molecule has 2 aromatic heterocycles. The summed E-state index contributed by atoms with van der Waals surface area (Å²) in [6, 6.07) is 18.9. The molecule has 1 amide bonds. The second kappa shape index (κ2) is 9.30. The Hall–Kier alpha value is -4.20. The Morgan fingerprint density at radius 1 is 1.09 bits per heavy atom. The fourth-order valence-corrected chi connectivity index (χ4v) is 3.30. The summed E-state index contributed by atoms with van der Waals surface area (Å²) >= 11 is 0. The first-order valence-corrected chi connectivity index (χ1v) is 10.2. The summed E-state index contributed by atoms with van der Waals surface area (Å²) in [7, 11) is 0. The molecular formula is C24H22N4O4. The van der Waals surface area contributed by atoms with E-state index in [4.69, 9.17) is 9.52 Å². The van der Waals surface area contributed by atoms with Crippen LogP contribution in [0.3, 0.4) is 0 Å². The van der Waals surface area contributed by atoms with Crippen LogP contribution in [-0.2, 0) is 16.0 Å². The number of hydrogen-bond acceptors (Lipinski definition) is 6. The molecule has 8 heteroatoms. The van der Waals surface area contributed by atoms with Crippen LogP contribution < -0.4 is 10.6 Å². The minimum Gasteiger partial charge on any atom is -0.481 e. The summed E-state index contributed by atoms with van der Waals surface area (Å²) in [5.74, 6) is -0.817. The molecule has 8 nitrogen and oxygen atoms in total. The maximum Gasteiger partial charge on any atom is 0.303 e. The van der Waals surface area contributed by atoms with Gasteiger partial charge >= 0.3 is 5.97 Å². The number of carbonyl (C=O) groups is 2. The zero-order valence-electron chi connectivity index (χ0n) is 17.4. The normalized spacial score (nSPS) is 11.8. The molecule has 1 atom stereocenters. The Morgan fingerprint density at radius 2 is 1.91 bits per heavy atom. The highest BCUT2D eigenvalue weighted by molar-refractivity contribution is 5.92. The number of nitrogens with one attached hydrogen (secondary N) is 2. The first-order chi connectivity index (χ1) is 15.5. The van der Waals surface area contributed by atoms with Crippen LogP contribution >= 0.6 is 0 Å². The number of carbonyl (C=O) groups excluding carboxylic acids is 1. The highest BCUT2D eigenvalue weighted by Crippen LogP contribution is 2.23. The Balaban J connectivity index is 1.38. The van der Waals surface area contributed by atoms with Crippen molar-refractivity contribution in [1.82, 2.24) is 9.97 Å². The summed E-state index contributed by atoms with van der Waals surface area (Å²) in [6.07, 6.45) is 1.77. The number of amides is 1. The summed E-state index contributed by atoms with van der Waals surface area (Å²) in [5.41, 5.74) is 3.74. The lowest BCUT2D eigenvalue weighted by Gasteiger charge is -2.10. The van der Waals surface area contributed by atoms with E-state index in [1.54, 1.807) is 24.4 Å². The SMILES string of the molecule is CC(CC(=O)O)c1ccc(NC(=O)Cc2ccc3nc(Nc4ccccc4)oc3c2)nc1. The van der Waals surface area contributed by atoms with Crippen molar-refractivity contribution >= 4 is 40.5 Å². The summed E-state index contributed by atoms with van der Waals surface area (Å²) in [4.78, 5) is 31.9. The van der Waals surface area contributed by atoms with Crippen molar-refractivity contribution < 1.29 is 19.1 Å². The largest absolute Gasteiger partial charge is 0.481 e. The minimum atomic E-state index is -0.860. The van der Waals surface area contributed by atoms with Crippen LogP contribution in [0.2, 0.25) is 0 Å². The molecule has 0 aliphatic carbocycles. The van der Waals surface area contributed by atoms with E-state index in [1.807, 2.05) is 49.4 Å². The lowest BCUT2D eigenvalue weighted by molar-refractivity contribution is -0.137. The third-order valence-electron chi connectivity index (χ3n) is 4.95. The van der Waals surface area contributed by atoms with Gasteiger partial charge in [-0.25, -0.2) is 4.98 Å². The molecule has 32 heavy (non-hydrogen) atoms. The van der Waals surface area contributed by atoms with E-state index in [0.717, 1.165) is 16.8 Å². The van der Waals surface area contributed by atoms with Gasteiger partial charge < -0.3 is 20.2 Å². The van der Waals surface area contributed by atoms with E-state index in [9.17, 15) is 9.59 Å². The number of benzene rings is 2. The molecular weight excluding hydrogens is 408 g/mol. The number of carboxylic acids is 1. The van der Waals surface area contributed by atoms with Gasteiger partial charge in [-0.15, -0.1) is 0 Å². The van der Waals surface area contributed by atoms with E-state index >= 15 is 0 Å². The van der Waals surface area contributed by atoms with Crippen molar-refractivity contribution in [3.05, 3.63) is 78.0 Å². The van der Waals surface area contributed by atoms with Gasteiger partial charge in [0.25, 0.3) is 6.01 Å². The standard InChI is InChI=1S/C24H22N4O4/c1-15(11-23(30)31)17-8-10-21(25-14-17)28-22(29)13-16-7-9-19-20(12-16)32-24(27-19)26-18-5-3-2-4-6-18/h2-10,12,14-15H,11,13H2,1H3,(H,26,27)(H,30,31)(H,25,28,29). The predicted octanol–water partition coefficient (Wildman–Crippen LogP) is 4.73. The van der Waals surface area contributed by atoms with E-state index in [2.05, 4.69) is 20.6 Å². The van der Waals surface area contributed by atoms with E-state index in [1.165, 1.54) is 0 Å². The third-order valence-corrected chi connectivity index (χ3v) is 4.95. The molecule has 0 radical (unpaired) electrons. The second-order valence-corrected chi connectivity index (χ2v) is 7.51. The number of aromatic nitrogens is 2. The van der Waals surface area contributed by atoms with Crippen molar-refractivity contribution in [2.24, 2.45) is 0 Å². The molecule has 0 saturated heterocycles. The number of pyridine rings is 1. The molecule has 0 fully saturated rings. The van der Waals surface area contributed by atoms with Gasteiger partial charge in [0.15, 0.2) is 5.58 Å². The number of oxazole rings is 1. The molecule has 162 valence electrons. The number of rotatable bonds is 8. The van der Waals surface area contributed by atoms with Gasteiger partial charge in [0.05, 0.1) is 12.8 Å². The lowest BCUT2D eigenvalue weighted by atomic mass is 10.00. The first kappa shape index (κ1) is 21.0. The molecule has 0 bridgehead atoms. The Bertz CT molecular complexity index is 1240. The van der Waals surface area contributed by atoms with Gasteiger partial charge in [0, 0.05) is 11.9 Å². The van der Waals surface area contributed by atoms with Crippen molar-refractivity contribution in [1.29, 1.82) is 0 Å². The first-order valence-electron chi connectivity index (χ1n) is 10.2. The fraction of sp³-hybridized carbons (Fsp3) is 0.167. The molecule has 0 spiro atoms. The van der Waals surface area contributed by atoms with Crippen molar-refractivity contribution in [3.8, 4) is 0 Å². The second-order valence-electron chi connectivity index (χ2n) is 7.51. The smallest absolute Gasteiger partial charge is 0.303 e. The van der Waals surface area contributed by atoms with Gasteiger partial charge in [0.2, 0.25) is 5.91 Å². The van der Waals surface area contributed by atoms with Crippen molar-refractivity contribution in [2.45, 2.75) is 25.7 Å². The van der Waals surface area contributed by atoms with Crippen molar-refractivity contribution in [2.75, 3.05) is 10.6 Å². The highest BCUT2D eigenvalue weighted by atomic mass is 16.4. The quantitative estimate of drug-likeness (QED) is 0.370. The molecule has 1 unspecified atom stereocenters. The highest BCUT2D eigenvalue weighted by Gasteiger charge is 2.12. The van der Waals surface area contributed by atoms with E-state index < -0.39 is 5.97 Å². The Kier molecular flexibility index (Phi) is 6.12. The number of anilines is 3. The monoisotopic (exact) mass is 430 g/mol. The van der Waals surface area contributed by atoms with Crippen LogP contribution in [-0.4, -0.2) is 27.0 Å². The maximum atomic E-state index is 12.4. The topological polar surface area (TPSA) is 117 Å². The number of fused-ring (bicyclic) bond motifs is 1. The lowest BCUT2D eigenvalue weighted by Crippen LogP contribution is -2.15. The minimum absolute atomic E-state index is 0.0279. The molecule has 2 heterocycles. The number of para-hydroxylation sites is 1. The Morgan fingerprint density at radius 3 is 2.62 bits per heavy atom. The third kappa shape index (κ3) is 5.28. The van der Waals surface area contributed by atoms with Crippen LogP contribution in [0.15, 0.2) is 71.3 Å². The molecule has 3 N–H and O–H groups in total. The van der Waals surface area contributed by atoms with E-state index in [-0.39, 0.29) is 24.7 Å². The predicted molar refractivity (Wildman–Crippen MR) is 121 cm³/mol. The zero-order chi connectivity index (χ0) is 22.5. The Labute approximate surface area is 184 Å². The van der Waals surface area contributed by atoms with Gasteiger partial charge in [-0.3, -0.25) is 9.59 Å². The van der Waals surface area contributed by atoms with Crippen molar-refractivity contribution in [3.63, 3.8) is 0 Å². The number of aliphatic carboxylic acids is 1. The molecule has 2 aromatic carbocycles. The molecule has 4 rings (SSSR count). The summed E-state index contributed by atoms with van der Waals surface area (Å²) in [6.45, 7) is 1.82. The van der Waals surface area contributed by atoms with Crippen LogP contribution in [0.4, 0.5) is 17.5 Å². The average molecular weight is 430 g/mol. The van der Waals surface area contributed by atoms with Crippen LogP contribution in [0, 0.1) is 0 Å². The average Bonchev–Trinajstić information content (AvgIpc) is 3.16. The van der Waals surface area contributed by atoms with E-state index in [0.29, 0.717) is 22.9 Å². The zero-order valence-corrected chi connectivity index (χ0v) is 17.4. The number of nitrogens with zero attached hydrogens (tertiary/aromatic N) is 2. The summed E-state index contributed by atoms with van der Waals surface area (Å²) in [5, 5.41) is 14.8.